The van der Waals surface area contributed by atoms with Gasteiger partial charge in [-0.3, -0.25) is 14.7 Å². The van der Waals surface area contributed by atoms with Crippen LogP contribution in [0.15, 0.2) is 71.4 Å². The molecule has 0 aliphatic heterocycles. The number of benzene rings is 2. The lowest BCUT2D eigenvalue weighted by Gasteiger charge is -2.18. The Morgan fingerprint density at radius 2 is 1.97 bits per heavy atom. The van der Waals surface area contributed by atoms with Crippen molar-refractivity contribution >= 4 is 55.2 Å². The van der Waals surface area contributed by atoms with E-state index in [-0.39, 0.29) is 11.7 Å². The van der Waals surface area contributed by atoms with Crippen LogP contribution < -0.4 is 9.64 Å². The molecule has 3 aromatic heterocycles. The quantitative estimate of drug-likeness (QED) is 0.332. The second kappa shape index (κ2) is 8.02. The van der Waals surface area contributed by atoms with Crippen LogP contribution in [-0.4, -0.2) is 23.0 Å². The molecule has 1 amide bonds. The number of hydrogen-bond donors (Lipinski definition) is 0. The summed E-state index contributed by atoms with van der Waals surface area (Å²) in [4.78, 5) is 23.9. The number of hydrogen-bond acceptors (Lipinski definition) is 6. The van der Waals surface area contributed by atoms with E-state index < -0.39 is 0 Å². The van der Waals surface area contributed by atoms with Gasteiger partial charge in [0.25, 0.3) is 5.91 Å². The van der Waals surface area contributed by atoms with Crippen LogP contribution in [0.1, 0.15) is 16.1 Å². The predicted octanol–water partition coefficient (Wildman–Crippen LogP) is 5.95. The van der Waals surface area contributed by atoms with E-state index >= 15 is 0 Å². The molecule has 0 radical (unpaired) electrons. The fourth-order valence-electron chi connectivity index (χ4n) is 3.34. The maximum atomic E-state index is 13.6. The number of nitrogens with zero attached hydrogens (tertiary/aromatic N) is 3. The molecule has 31 heavy (non-hydrogen) atoms. The maximum Gasteiger partial charge on any atom is 0.296 e. The molecule has 0 aliphatic carbocycles. The van der Waals surface area contributed by atoms with Crippen molar-refractivity contribution in [2.75, 3.05) is 12.0 Å². The van der Waals surface area contributed by atoms with Gasteiger partial charge in [0.2, 0.25) is 0 Å². The zero-order chi connectivity index (χ0) is 21.4. The number of rotatable bonds is 5. The Morgan fingerprint density at radius 1 is 1.16 bits per heavy atom. The summed E-state index contributed by atoms with van der Waals surface area (Å²) in [5.74, 6) is 0.552. The van der Waals surface area contributed by atoms with Gasteiger partial charge in [-0.1, -0.05) is 41.1 Å². The summed E-state index contributed by atoms with van der Waals surface area (Å²) >= 11 is 7.73. The van der Waals surface area contributed by atoms with Crippen LogP contribution in [0.3, 0.4) is 0 Å². The normalized spacial score (nSPS) is 11.2. The van der Waals surface area contributed by atoms with Crippen molar-refractivity contribution in [1.29, 1.82) is 0 Å². The third-order valence-electron chi connectivity index (χ3n) is 4.87. The molecule has 6 nitrogen and oxygen atoms in total. The third kappa shape index (κ3) is 3.62. The molecule has 0 saturated heterocycles. The summed E-state index contributed by atoms with van der Waals surface area (Å²) in [6.07, 6.45) is 3.38. The number of pyridine rings is 1. The van der Waals surface area contributed by atoms with Gasteiger partial charge in [0.1, 0.15) is 16.8 Å². The average Bonchev–Trinajstić information content (AvgIpc) is 3.43. The van der Waals surface area contributed by atoms with Crippen molar-refractivity contribution in [1.82, 2.24) is 9.97 Å². The molecule has 0 bridgehead atoms. The number of ether oxygens (including phenoxy) is 1. The third-order valence-corrected chi connectivity index (χ3v) is 6.41. The van der Waals surface area contributed by atoms with Crippen LogP contribution in [0.25, 0.3) is 21.2 Å². The number of amides is 1. The minimum atomic E-state index is -0.290. The maximum absolute atomic E-state index is 13.6. The monoisotopic (exact) mass is 449 g/mol. The second-order valence-corrected chi connectivity index (χ2v) is 8.20. The number of methoxy groups -OCH3 is 1. The van der Waals surface area contributed by atoms with Gasteiger partial charge in [-0.05, 0) is 42.0 Å². The van der Waals surface area contributed by atoms with Gasteiger partial charge in [-0.15, -0.1) is 0 Å². The van der Waals surface area contributed by atoms with Gasteiger partial charge in [-0.2, -0.15) is 0 Å². The number of carbonyl (C=O) groups is 1. The molecule has 0 aliphatic rings. The molecule has 0 unspecified atom stereocenters. The highest BCUT2D eigenvalue weighted by molar-refractivity contribution is 7.23. The lowest BCUT2D eigenvalue weighted by molar-refractivity contribution is 0.0960. The SMILES string of the molecule is COc1ccc(Cl)c2sc(N(Cc3ccncc3)C(=O)c3cc4ccccc4o3)nc12. The number of para-hydroxylation sites is 1. The molecular formula is C23H16ClN3O3S. The van der Waals surface area contributed by atoms with Gasteiger partial charge in [0, 0.05) is 17.8 Å². The highest BCUT2D eigenvalue weighted by atomic mass is 35.5. The van der Waals surface area contributed by atoms with E-state index in [9.17, 15) is 4.79 Å². The number of carbonyl (C=O) groups excluding carboxylic acids is 1. The van der Waals surface area contributed by atoms with Crippen LogP contribution in [-0.2, 0) is 6.54 Å². The summed E-state index contributed by atoms with van der Waals surface area (Å²) in [6.45, 7) is 0.304. The Morgan fingerprint density at radius 3 is 2.74 bits per heavy atom. The van der Waals surface area contributed by atoms with Gasteiger partial charge >= 0.3 is 0 Å². The van der Waals surface area contributed by atoms with E-state index in [2.05, 4.69) is 4.98 Å². The number of halogens is 1. The number of fused-ring (bicyclic) bond motifs is 2. The van der Waals surface area contributed by atoms with Crippen molar-refractivity contribution in [3.8, 4) is 5.75 Å². The lowest BCUT2D eigenvalue weighted by atomic mass is 10.2. The summed E-state index contributed by atoms with van der Waals surface area (Å²) < 4.78 is 12.0. The van der Waals surface area contributed by atoms with Crippen LogP contribution in [0.5, 0.6) is 5.75 Å². The van der Waals surface area contributed by atoms with Crippen molar-refractivity contribution in [3.63, 3.8) is 0 Å². The Balaban J connectivity index is 1.62. The fraction of sp³-hybridized carbons (Fsp3) is 0.0870. The summed E-state index contributed by atoms with van der Waals surface area (Å²) in [6, 6.07) is 16.5. The first-order chi connectivity index (χ1) is 15.1. The Labute approximate surface area is 186 Å². The number of anilines is 1. The highest BCUT2D eigenvalue weighted by Gasteiger charge is 2.26. The fourth-order valence-corrected chi connectivity index (χ4v) is 4.59. The lowest BCUT2D eigenvalue weighted by Crippen LogP contribution is -2.30. The topological polar surface area (TPSA) is 68.5 Å². The molecule has 5 aromatic rings. The second-order valence-electron chi connectivity index (χ2n) is 6.82. The van der Waals surface area contributed by atoms with Crippen molar-refractivity contribution in [2.24, 2.45) is 0 Å². The first-order valence-electron chi connectivity index (χ1n) is 9.46. The molecule has 0 atom stereocenters. The van der Waals surface area contributed by atoms with Gasteiger partial charge in [-0.25, -0.2) is 4.98 Å². The largest absolute Gasteiger partial charge is 0.494 e. The zero-order valence-electron chi connectivity index (χ0n) is 16.4. The molecule has 0 saturated carbocycles. The summed E-state index contributed by atoms with van der Waals surface area (Å²) in [5.41, 5.74) is 2.19. The molecular weight excluding hydrogens is 434 g/mol. The van der Waals surface area contributed by atoms with E-state index in [0.29, 0.717) is 33.5 Å². The van der Waals surface area contributed by atoms with E-state index in [1.165, 1.54) is 11.3 Å². The Bertz CT molecular complexity index is 1360. The average molecular weight is 450 g/mol. The molecule has 5 rings (SSSR count). The first kappa shape index (κ1) is 19.5. The van der Waals surface area contributed by atoms with Gasteiger partial charge < -0.3 is 9.15 Å². The van der Waals surface area contributed by atoms with Crippen LogP contribution in [0, 0.1) is 0 Å². The minimum Gasteiger partial charge on any atom is -0.494 e. The van der Waals surface area contributed by atoms with Crippen molar-refractivity contribution < 1.29 is 13.9 Å². The standard InChI is InChI=1S/C23H16ClN3O3S/c1-29-18-7-6-16(24)21-20(18)26-23(31-21)27(13-14-8-10-25-11-9-14)22(28)19-12-15-4-2-3-5-17(15)30-19/h2-12H,13H2,1H3. The van der Waals surface area contributed by atoms with Crippen LogP contribution >= 0.6 is 22.9 Å². The molecule has 2 aromatic carbocycles. The number of thiazole rings is 1. The van der Waals surface area contributed by atoms with Crippen molar-refractivity contribution in [3.05, 3.63) is 83.3 Å². The minimum absolute atomic E-state index is 0.243. The van der Waals surface area contributed by atoms with Gasteiger partial charge in [0.05, 0.1) is 23.4 Å². The van der Waals surface area contributed by atoms with Crippen LogP contribution in [0.4, 0.5) is 5.13 Å². The molecule has 3 heterocycles. The molecule has 0 spiro atoms. The van der Waals surface area contributed by atoms with Gasteiger partial charge in [0.15, 0.2) is 10.9 Å². The zero-order valence-corrected chi connectivity index (χ0v) is 18.0. The Hall–Kier alpha value is -3.42. The van der Waals surface area contributed by atoms with Crippen molar-refractivity contribution in [2.45, 2.75) is 6.54 Å². The molecule has 0 fully saturated rings. The molecule has 8 heteroatoms. The number of furan rings is 1. The summed E-state index contributed by atoms with van der Waals surface area (Å²) in [7, 11) is 1.58. The highest BCUT2D eigenvalue weighted by Crippen LogP contribution is 2.39. The van der Waals surface area contributed by atoms with E-state index in [1.54, 1.807) is 42.6 Å². The Kier molecular flexibility index (Phi) is 5.05. The first-order valence-corrected chi connectivity index (χ1v) is 10.7. The molecule has 154 valence electrons. The smallest absolute Gasteiger partial charge is 0.296 e. The summed E-state index contributed by atoms with van der Waals surface area (Å²) in [5, 5.41) is 1.92. The molecule has 0 N–H and O–H groups in total. The van der Waals surface area contributed by atoms with E-state index in [4.69, 9.17) is 25.7 Å². The van der Waals surface area contributed by atoms with Crippen LogP contribution in [0.2, 0.25) is 5.02 Å². The van der Waals surface area contributed by atoms with E-state index in [0.717, 1.165) is 15.6 Å². The number of aromatic nitrogens is 2. The predicted molar refractivity (Wildman–Crippen MR) is 122 cm³/mol. The van der Waals surface area contributed by atoms with E-state index in [1.807, 2.05) is 36.4 Å².